The van der Waals surface area contributed by atoms with E-state index in [9.17, 15) is 19.5 Å². The van der Waals surface area contributed by atoms with Crippen LogP contribution in [0.25, 0.3) is 0 Å². The van der Waals surface area contributed by atoms with E-state index in [1.54, 1.807) is 0 Å². The highest BCUT2D eigenvalue weighted by atomic mass is 16.2. The first-order chi connectivity index (χ1) is 17.9. The van der Waals surface area contributed by atoms with E-state index < -0.39 is 5.41 Å². The number of aromatic amines is 1. The second-order valence-electron chi connectivity index (χ2n) is 11.8. The van der Waals surface area contributed by atoms with Crippen LogP contribution in [0.1, 0.15) is 80.2 Å². The number of Topliss-reactive ketones (excluding diaryl/α,β-unsaturated/α-hetero) is 1. The lowest BCUT2D eigenvalue weighted by Crippen LogP contribution is -2.44. The van der Waals surface area contributed by atoms with Gasteiger partial charge >= 0.3 is 0 Å². The van der Waals surface area contributed by atoms with Crippen LogP contribution in [-0.2, 0) is 28.9 Å². The number of nitrogens with one attached hydrogen (secondary N) is 2. The van der Waals surface area contributed by atoms with Crippen LogP contribution in [0.3, 0.4) is 0 Å². The van der Waals surface area contributed by atoms with Gasteiger partial charge < -0.3 is 15.4 Å². The highest BCUT2D eigenvalue weighted by Gasteiger charge is 2.60. The number of aliphatic hydroxyl groups excluding tert-OH is 1. The molecule has 5 atom stereocenters. The molecule has 0 aliphatic heterocycles. The van der Waals surface area contributed by atoms with Crippen molar-refractivity contribution in [2.24, 2.45) is 23.2 Å². The van der Waals surface area contributed by atoms with Gasteiger partial charge in [-0.15, -0.1) is 0 Å². The predicted octanol–water partition coefficient (Wildman–Crippen LogP) is 5.38. The molecule has 1 heterocycles. The molecule has 6 nitrogen and oxygen atoms in total. The van der Waals surface area contributed by atoms with Gasteiger partial charge in [-0.3, -0.25) is 14.4 Å². The van der Waals surface area contributed by atoms with Crippen molar-refractivity contribution >= 4 is 17.4 Å². The lowest BCUT2D eigenvalue weighted by atomic mass is 9.54. The maximum Gasteiger partial charge on any atom is 0.271 e. The van der Waals surface area contributed by atoms with E-state index in [0.29, 0.717) is 29.5 Å². The van der Waals surface area contributed by atoms with E-state index in [0.717, 1.165) is 68.9 Å². The Morgan fingerprint density at radius 2 is 1.95 bits per heavy atom. The van der Waals surface area contributed by atoms with Crippen LogP contribution in [0.2, 0.25) is 0 Å². The summed E-state index contributed by atoms with van der Waals surface area (Å²) in [6.45, 7) is 2.08. The number of allylic oxidation sites excluding steroid dienone is 1. The average molecular weight is 501 g/mol. The van der Waals surface area contributed by atoms with Gasteiger partial charge in [0.2, 0.25) is 5.91 Å². The highest BCUT2D eigenvalue weighted by molar-refractivity contribution is 6.03. The molecule has 1 aromatic heterocycles. The monoisotopic (exact) mass is 500 g/mol. The van der Waals surface area contributed by atoms with E-state index >= 15 is 0 Å². The van der Waals surface area contributed by atoms with Crippen LogP contribution in [0.5, 0.6) is 0 Å². The zero-order valence-electron chi connectivity index (χ0n) is 21.5. The van der Waals surface area contributed by atoms with Crippen LogP contribution < -0.4 is 10.9 Å². The first-order valence-corrected chi connectivity index (χ1v) is 13.9. The molecule has 6 heteroatoms. The summed E-state index contributed by atoms with van der Waals surface area (Å²) in [6, 6.07) is 10.5. The normalized spacial score (nSPS) is 31.3. The van der Waals surface area contributed by atoms with Gasteiger partial charge in [-0.25, -0.2) is 0 Å². The molecule has 2 fully saturated rings. The highest BCUT2D eigenvalue weighted by Crippen LogP contribution is 2.63. The van der Waals surface area contributed by atoms with Gasteiger partial charge in [0.25, 0.3) is 5.56 Å². The summed E-state index contributed by atoms with van der Waals surface area (Å²) >= 11 is 0. The second-order valence-corrected chi connectivity index (χ2v) is 11.8. The molecule has 3 N–H and O–H groups in total. The van der Waals surface area contributed by atoms with Crippen molar-refractivity contribution < 1.29 is 14.7 Å². The SMILES string of the molecule is C[C@]12CCC3c4ccccc4CCC3C1[C@H](CCC(=O)Nc1cc3c([nH]c1=O)CCCC3)/C(=C/O)C2=O. The molecular formula is C31H36N2O4. The van der Waals surface area contributed by atoms with Gasteiger partial charge in [-0.1, -0.05) is 31.2 Å². The molecule has 0 spiro atoms. The predicted molar refractivity (Wildman–Crippen MR) is 143 cm³/mol. The smallest absolute Gasteiger partial charge is 0.271 e. The molecule has 3 unspecified atom stereocenters. The molecule has 2 saturated carbocycles. The summed E-state index contributed by atoms with van der Waals surface area (Å²) in [5.74, 6) is 0.541. The Labute approximate surface area is 217 Å². The Morgan fingerprint density at radius 3 is 2.78 bits per heavy atom. The molecule has 37 heavy (non-hydrogen) atoms. The molecule has 4 aliphatic carbocycles. The Bertz CT molecular complexity index is 1340. The van der Waals surface area contributed by atoms with E-state index in [1.807, 2.05) is 6.07 Å². The summed E-state index contributed by atoms with van der Waals surface area (Å²) in [5, 5.41) is 13.0. The number of carbonyl (C=O) groups excluding carboxylic acids is 2. The van der Waals surface area contributed by atoms with Gasteiger partial charge in [0.1, 0.15) is 5.69 Å². The van der Waals surface area contributed by atoms with Crippen LogP contribution >= 0.6 is 0 Å². The molecule has 6 rings (SSSR count). The quantitative estimate of drug-likeness (QED) is 0.388. The summed E-state index contributed by atoms with van der Waals surface area (Å²) < 4.78 is 0. The Balaban J connectivity index is 1.23. The van der Waals surface area contributed by atoms with Gasteiger partial charge in [-0.2, -0.15) is 0 Å². The van der Waals surface area contributed by atoms with E-state index in [4.69, 9.17) is 0 Å². The Kier molecular flexibility index (Phi) is 6.09. The third-order valence-electron chi connectivity index (χ3n) is 9.94. The van der Waals surface area contributed by atoms with Crippen LogP contribution in [0, 0.1) is 23.2 Å². The van der Waals surface area contributed by atoms with Crippen molar-refractivity contribution in [3.8, 4) is 0 Å². The van der Waals surface area contributed by atoms with Crippen LogP contribution in [0.15, 0.2) is 47.0 Å². The maximum absolute atomic E-state index is 13.6. The fourth-order valence-electron chi connectivity index (χ4n) is 8.23. The van der Waals surface area contributed by atoms with E-state index in [2.05, 4.69) is 41.5 Å². The standard InChI is InChI=1S/C31H36N2O4/c1-31-15-14-21-20-8-4-2-6-18(20)10-11-22(21)28(31)23(24(17-34)29(31)36)12-13-27(35)32-26-16-19-7-3-5-9-25(19)33-30(26)37/h2,4,6,8,16-17,21-23,28,34H,3,5,7,9-15H2,1H3,(H,32,35)(H,33,37)/b24-17-/t21?,22?,23-,28?,31+/m1/s1. The van der Waals surface area contributed by atoms with Crippen molar-refractivity contribution in [2.75, 3.05) is 5.32 Å². The fraction of sp³-hybridized carbons (Fsp3) is 0.516. The summed E-state index contributed by atoms with van der Waals surface area (Å²) in [5.41, 5.74) is 4.94. The number of amides is 1. The fourth-order valence-corrected chi connectivity index (χ4v) is 8.23. The topological polar surface area (TPSA) is 99.3 Å². The number of hydrogen-bond donors (Lipinski definition) is 3. The number of rotatable bonds is 4. The summed E-state index contributed by atoms with van der Waals surface area (Å²) in [6.07, 6.45) is 9.45. The first-order valence-electron chi connectivity index (χ1n) is 13.9. The third kappa shape index (κ3) is 3.96. The van der Waals surface area contributed by atoms with E-state index in [1.165, 1.54) is 11.1 Å². The zero-order chi connectivity index (χ0) is 25.7. The largest absolute Gasteiger partial charge is 0.515 e. The lowest BCUT2D eigenvalue weighted by molar-refractivity contribution is -0.127. The number of pyridine rings is 1. The lowest BCUT2D eigenvalue weighted by Gasteiger charge is -2.49. The zero-order valence-corrected chi connectivity index (χ0v) is 21.5. The number of aromatic nitrogens is 1. The van der Waals surface area contributed by atoms with Crippen molar-refractivity contribution in [2.45, 2.75) is 77.0 Å². The van der Waals surface area contributed by atoms with Crippen molar-refractivity contribution in [3.05, 3.63) is 74.9 Å². The molecule has 1 aromatic carbocycles. The number of carbonyl (C=O) groups is 2. The minimum Gasteiger partial charge on any atom is -0.515 e. The van der Waals surface area contributed by atoms with Gasteiger partial charge in [-0.05, 0) is 104 Å². The van der Waals surface area contributed by atoms with Gasteiger partial charge in [0.05, 0.1) is 6.26 Å². The molecule has 4 aliphatic rings. The first kappa shape index (κ1) is 24.2. The van der Waals surface area contributed by atoms with Crippen LogP contribution in [0.4, 0.5) is 5.69 Å². The number of aryl methyl sites for hydroxylation is 3. The molecule has 0 saturated heterocycles. The van der Waals surface area contributed by atoms with Crippen LogP contribution in [-0.4, -0.2) is 21.8 Å². The number of H-pyrrole nitrogens is 1. The number of aliphatic hydroxyl groups is 1. The van der Waals surface area contributed by atoms with Gasteiger partial charge in [0.15, 0.2) is 5.78 Å². The maximum atomic E-state index is 13.6. The summed E-state index contributed by atoms with van der Waals surface area (Å²) in [4.78, 5) is 42.1. The van der Waals surface area contributed by atoms with Gasteiger partial charge in [0, 0.05) is 23.1 Å². The Hall–Kier alpha value is -3.15. The minimum absolute atomic E-state index is 0.0499. The molecule has 0 radical (unpaired) electrons. The number of ketones is 1. The minimum atomic E-state index is -0.501. The average Bonchev–Trinajstić information content (AvgIpc) is 3.13. The summed E-state index contributed by atoms with van der Waals surface area (Å²) in [7, 11) is 0. The molecular weight excluding hydrogens is 464 g/mol. The number of benzene rings is 1. The van der Waals surface area contributed by atoms with Crippen molar-refractivity contribution in [3.63, 3.8) is 0 Å². The number of fused-ring (bicyclic) bond motifs is 6. The third-order valence-corrected chi connectivity index (χ3v) is 9.94. The molecule has 194 valence electrons. The Morgan fingerprint density at radius 1 is 1.14 bits per heavy atom. The number of anilines is 1. The number of hydrogen-bond acceptors (Lipinski definition) is 4. The molecule has 2 aromatic rings. The molecule has 0 bridgehead atoms. The second kappa shape index (κ2) is 9.30. The van der Waals surface area contributed by atoms with Crippen molar-refractivity contribution in [1.29, 1.82) is 0 Å². The van der Waals surface area contributed by atoms with Crippen molar-refractivity contribution in [1.82, 2.24) is 4.98 Å². The van der Waals surface area contributed by atoms with E-state index in [-0.39, 0.29) is 35.5 Å². The molecule has 1 amide bonds.